The fourth-order valence-electron chi connectivity index (χ4n) is 4.30. The van der Waals surface area contributed by atoms with E-state index in [1.807, 2.05) is 30.3 Å². The van der Waals surface area contributed by atoms with Gasteiger partial charge in [-0.05, 0) is 47.9 Å². The molecule has 1 saturated heterocycles. The molecule has 2 heterocycles. The predicted molar refractivity (Wildman–Crippen MR) is 141 cm³/mol. The van der Waals surface area contributed by atoms with E-state index < -0.39 is 21.4 Å². The second-order valence-electron chi connectivity index (χ2n) is 9.04. The summed E-state index contributed by atoms with van der Waals surface area (Å²) in [4.78, 5) is 4.51. The lowest BCUT2D eigenvalue weighted by Crippen LogP contribution is -2.33. The summed E-state index contributed by atoms with van der Waals surface area (Å²) in [5.41, 5.74) is 1.18. The van der Waals surface area contributed by atoms with Crippen molar-refractivity contribution < 1.29 is 31.8 Å². The van der Waals surface area contributed by atoms with E-state index in [9.17, 15) is 17.9 Å². The number of ether oxygens (including phenoxy) is 2. The highest BCUT2D eigenvalue weighted by molar-refractivity contribution is 7.89. The van der Waals surface area contributed by atoms with Crippen LogP contribution in [0.2, 0.25) is 0 Å². The first-order valence-corrected chi connectivity index (χ1v) is 13.7. The summed E-state index contributed by atoms with van der Waals surface area (Å²) >= 11 is 0. The van der Waals surface area contributed by atoms with Gasteiger partial charge in [-0.3, -0.25) is 0 Å². The number of primary sulfonamides is 1. The van der Waals surface area contributed by atoms with Gasteiger partial charge in [0.15, 0.2) is 5.76 Å². The molecule has 0 saturated carbocycles. The van der Waals surface area contributed by atoms with Crippen molar-refractivity contribution in [1.82, 2.24) is 4.98 Å². The van der Waals surface area contributed by atoms with Crippen LogP contribution in [0, 0.1) is 17.7 Å². The number of benzene rings is 3. The molecular formula is C29H25FN2O6S. The molecule has 1 fully saturated rings. The quantitative estimate of drug-likeness (QED) is 0.346. The molecule has 0 unspecified atom stereocenters. The number of sulfonamides is 1. The maximum Gasteiger partial charge on any atom is 0.274 e. The average molecular weight is 549 g/mol. The van der Waals surface area contributed by atoms with Crippen LogP contribution in [0.3, 0.4) is 0 Å². The number of nitrogens with zero attached hydrogens (tertiary/aromatic N) is 1. The Hall–Kier alpha value is -4.01. The molecule has 0 aliphatic carbocycles. The molecule has 3 aromatic carbocycles. The summed E-state index contributed by atoms with van der Waals surface area (Å²) in [6.45, 7) is 0.716. The van der Waals surface area contributed by atoms with Crippen LogP contribution in [0.25, 0.3) is 22.6 Å². The van der Waals surface area contributed by atoms with E-state index in [1.54, 1.807) is 18.2 Å². The minimum absolute atomic E-state index is 0.0198. The van der Waals surface area contributed by atoms with Gasteiger partial charge in [0.1, 0.15) is 23.9 Å². The zero-order valence-corrected chi connectivity index (χ0v) is 21.6. The summed E-state index contributed by atoms with van der Waals surface area (Å²) in [7, 11) is -3.84. The molecule has 1 aromatic heterocycles. The van der Waals surface area contributed by atoms with E-state index in [-0.39, 0.29) is 23.1 Å². The number of hydrogen-bond acceptors (Lipinski definition) is 7. The fraction of sp³-hybridized carbons (Fsp3) is 0.207. The smallest absolute Gasteiger partial charge is 0.274 e. The lowest BCUT2D eigenvalue weighted by atomic mass is 9.86. The van der Waals surface area contributed by atoms with E-state index in [0.29, 0.717) is 48.6 Å². The maximum atomic E-state index is 14.3. The number of rotatable bonds is 6. The maximum absolute atomic E-state index is 14.3. The Kier molecular flexibility index (Phi) is 7.50. The Labute approximate surface area is 225 Å². The third kappa shape index (κ3) is 6.19. The van der Waals surface area contributed by atoms with Crippen molar-refractivity contribution in [1.29, 1.82) is 0 Å². The molecule has 1 aliphatic rings. The van der Waals surface area contributed by atoms with Crippen molar-refractivity contribution in [3.05, 3.63) is 90.1 Å². The summed E-state index contributed by atoms with van der Waals surface area (Å²) in [6, 6.07) is 19.4. The highest BCUT2D eigenvalue weighted by Gasteiger charge is 2.32. The first kappa shape index (κ1) is 26.6. The van der Waals surface area contributed by atoms with Gasteiger partial charge in [-0.2, -0.15) is 0 Å². The lowest BCUT2D eigenvalue weighted by Gasteiger charge is -2.32. The van der Waals surface area contributed by atoms with E-state index in [1.165, 1.54) is 24.3 Å². The number of oxazole rings is 1. The van der Waals surface area contributed by atoms with Crippen molar-refractivity contribution >= 4 is 10.0 Å². The second kappa shape index (κ2) is 11.0. The lowest BCUT2D eigenvalue weighted by molar-refractivity contribution is -0.0681. The van der Waals surface area contributed by atoms with Crippen molar-refractivity contribution in [2.75, 3.05) is 19.8 Å². The summed E-state index contributed by atoms with van der Waals surface area (Å²) in [5, 5.41) is 16.1. The van der Waals surface area contributed by atoms with Crippen LogP contribution >= 0.6 is 0 Å². The summed E-state index contributed by atoms with van der Waals surface area (Å²) < 4.78 is 54.4. The third-order valence-corrected chi connectivity index (χ3v) is 7.28. The molecule has 3 N–H and O–H groups in total. The van der Waals surface area contributed by atoms with Crippen LogP contribution in [0.1, 0.15) is 24.3 Å². The first-order valence-electron chi connectivity index (χ1n) is 12.1. The molecule has 0 bridgehead atoms. The minimum Gasteiger partial charge on any atom is -0.481 e. The summed E-state index contributed by atoms with van der Waals surface area (Å²) in [6.07, 6.45) is 0.743. The number of hydrogen-bond donors (Lipinski definition) is 2. The van der Waals surface area contributed by atoms with Gasteiger partial charge in [-0.25, -0.2) is 22.9 Å². The van der Waals surface area contributed by atoms with Crippen LogP contribution in [-0.4, -0.2) is 38.3 Å². The monoisotopic (exact) mass is 548 g/mol. The zero-order valence-electron chi connectivity index (χ0n) is 20.8. The Morgan fingerprint density at radius 1 is 1.03 bits per heavy atom. The normalized spacial score (nSPS) is 14.8. The van der Waals surface area contributed by atoms with E-state index in [4.69, 9.17) is 19.0 Å². The predicted octanol–water partition coefficient (Wildman–Crippen LogP) is 4.22. The Bertz CT molecular complexity index is 1630. The zero-order chi connectivity index (χ0) is 27.5. The van der Waals surface area contributed by atoms with Gasteiger partial charge >= 0.3 is 0 Å². The van der Waals surface area contributed by atoms with Gasteiger partial charge in [-0.15, -0.1) is 0 Å². The minimum atomic E-state index is -3.84. The Morgan fingerprint density at radius 3 is 2.44 bits per heavy atom. The molecule has 8 nitrogen and oxygen atoms in total. The van der Waals surface area contributed by atoms with Gasteiger partial charge < -0.3 is 19.0 Å². The summed E-state index contributed by atoms with van der Waals surface area (Å²) in [5.74, 6) is 5.90. The number of nitrogens with two attached hydrogens (primary N) is 1. The van der Waals surface area contributed by atoms with Crippen LogP contribution < -0.4 is 9.88 Å². The molecule has 0 spiro atoms. The Morgan fingerprint density at radius 2 is 1.74 bits per heavy atom. The molecular weight excluding hydrogens is 523 g/mol. The number of aliphatic hydroxyl groups is 1. The van der Waals surface area contributed by atoms with Crippen LogP contribution in [0.4, 0.5) is 4.39 Å². The Balaban J connectivity index is 1.37. The van der Waals surface area contributed by atoms with Gasteiger partial charge in [0.05, 0.1) is 10.5 Å². The van der Waals surface area contributed by atoms with E-state index >= 15 is 0 Å². The van der Waals surface area contributed by atoms with Gasteiger partial charge in [0, 0.05) is 43.2 Å². The van der Waals surface area contributed by atoms with Crippen molar-refractivity contribution in [3.8, 4) is 40.2 Å². The molecule has 0 radical (unpaired) electrons. The molecule has 39 heavy (non-hydrogen) atoms. The largest absolute Gasteiger partial charge is 0.481 e. The standard InChI is InChI=1S/C29H25FN2O6S/c30-23-17-22(29(33)12-15-36-16-13-29)18-24(19-23)37-14-4-7-26-32-27(20-5-2-1-3-6-20)28(38-26)21-8-10-25(11-9-21)39(31,34)35/h1-3,5-6,8-11,17-19,33H,12-16H2,(H2,31,34,35). The average Bonchev–Trinajstić information content (AvgIpc) is 3.36. The van der Waals surface area contributed by atoms with Crippen LogP contribution in [0.5, 0.6) is 5.75 Å². The van der Waals surface area contributed by atoms with Crippen LogP contribution in [0.15, 0.2) is 82.1 Å². The van der Waals surface area contributed by atoms with E-state index in [2.05, 4.69) is 16.8 Å². The highest BCUT2D eigenvalue weighted by Crippen LogP contribution is 2.35. The molecule has 0 atom stereocenters. The van der Waals surface area contributed by atoms with Gasteiger partial charge in [-0.1, -0.05) is 36.3 Å². The fourth-order valence-corrected chi connectivity index (χ4v) is 4.82. The number of aromatic nitrogens is 1. The van der Waals surface area contributed by atoms with Crippen LogP contribution in [-0.2, 0) is 20.4 Å². The van der Waals surface area contributed by atoms with Gasteiger partial charge in [0.2, 0.25) is 10.0 Å². The molecule has 4 aromatic rings. The first-order chi connectivity index (χ1) is 18.7. The number of halogens is 1. The second-order valence-corrected chi connectivity index (χ2v) is 10.6. The van der Waals surface area contributed by atoms with E-state index in [0.717, 1.165) is 5.56 Å². The SMILES string of the molecule is NS(=O)(=O)c1ccc(-c2oc(C#CCOc3cc(F)cc(C4(O)CCOCC4)c3)nc2-c2ccccc2)cc1. The molecule has 5 rings (SSSR count). The molecule has 10 heteroatoms. The van der Waals surface area contributed by atoms with Crippen molar-refractivity contribution in [2.24, 2.45) is 5.14 Å². The van der Waals surface area contributed by atoms with Crippen molar-refractivity contribution in [2.45, 2.75) is 23.3 Å². The molecule has 0 amide bonds. The van der Waals surface area contributed by atoms with Crippen molar-refractivity contribution in [3.63, 3.8) is 0 Å². The molecule has 200 valence electrons. The topological polar surface area (TPSA) is 125 Å². The third-order valence-electron chi connectivity index (χ3n) is 6.35. The highest BCUT2D eigenvalue weighted by atomic mass is 32.2. The molecule has 1 aliphatic heterocycles. The van der Waals surface area contributed by atoms with Gasteiger partial charge in [0.25, 0.3) is 5.89 Å².